The Kier molecular flexibility index (Phi) is 2.95. The van der Waals surface area contributed by atoms with Gasteiger partial charge in [-0.05, 0) is 30.0 Å². The van der Waals surface area contributed by atoms with Gasteiger partial charge in [-0.15, -0.1) is 0 Å². The topological polar surface area (TPSA) is 12.0 Å². The Morgan fingerprint density at radius 3 is 3.17 bits per heavy atom. The SMILES string of the molecule is c1cc(NC2CCCSC2)cs1. The van der Waals surface area contributed by atoms with E-state index >= 15 is 0 Å². The van der Waals surface area contributed by atoms with E-state index in [-0.39, 0.29) is 0 Å². The van der Waals surface area contributed by atoms with Gasteiger partial charge in [0.2, 0.25) is 0 Å². The van der Waals surface area contributed by atoms with Gasteiger partial charge < -0.3 is 5.32 Å². The van der Waals surface area contributed by atoms with Crippen molar-refractivity contribution in [3.63, 3.8) is 0 Å². The quantitative estimate of drug-likeness (QED) is 0.785. The largest absolute Gasteiger partial charge is 0.381 e. The first kappa shape index (κ1) is 8.45. The van der Waals surface area contributed by atoms with E-state index in [1.807, 2.05) is 0 Å². The van der Waals surface area contributed by atoms with Crippen molar-refractivity contribution in [3.05, 3.63) is 16.8 Å². The zero-order chi connectivity index (χ0) is 8.23. The van der Waals surface area contributed by atoms with Crippen LogP contribution in [0.2, 0.25) is 0 Å². The highest BCUT2D eigenvalue weighted by atomic mass is 32.2. The average Bonchev–Trinajstić information content (AvgIpc) is 2.59. The van der Waals surface area contributed by atoms with Gasteiger partial charge in [-0.3, -0.25) is 0 Å². The van der Waals surface area contributed by atoms with Crippen LogP contribution in [0.25, 0.3) is 0 Å². The molecule has 66 valence electrons. The van der Waals surface area contributed by atoms with Crippen LogP contribution in [0.4, 0.5) is 5.69 Å². The Morgan fingerprint density at radius 2 is 2.50 bits per heavy atom. The van der Waals surface area contributed by atoms with Gasteiger partial charge in [0, 0.05) is 22.9 Å². The fourth-order valence-electron chi connectivity index (χ4n) is 1.44. The molecule has 1 aromatic heterocycles. The number of nitrogens with one attached hydrogen (secondary N) is 1. The highest BCUT2D eigenvalue weighted by molar-refractivity contribution is 7.99. The Bertz CT molecular complexity index is 214. The fourth-order valence-corrected chi connectivity index (χ4v) is 3.11. The Labute approximate surface area is 81.6 Å². The summed E-state index contributed by atoms with van der Waals surface area (Å²) in [6.07, 6.45) is 2.70. The van der Waals surface area contributed by atoms with Crippen LogP contribution in [0.1, 0.15) is 12.8 Å². The summed E-state index contributed by atoms with van der Waals surface area (Å²) < 4.78 is 0. The van der Waals surface area contributed by atoms with Crippen LogP contribution >= 0.6 is 23.1 Å². The van der Waals surface area contributed by atoms with E-state index in [0.717, 1.165) is 0 Å². The second-order valence-electron chi connectivity index (χ2n) is 3.07. The zero-order valence-corrected chi connectivity index (χ0v) is 8.59. The fraction of sp³-hybridized carbons (Fsp3) is 0.556. The average molecular weight is 199 g/mol. The predicted octanol–water partition coefficient (Wildman–Crippen LogP) is 3.06. The molecule has 0 spiro atoms. The van der Waals surface area contributed by atoms with Crippen molar-refractivity contribution in [2.24, 2.45) is 0 Å². The van der Waals surface area contributed by atoms with Crippen molar-refractivity contribution in [2.45, 2.75) is 18.9 Å². The maximum absolute atomic E-state index is 3.55. The first-order chi connectivity index (χ1) is 5.95. The monoisotopic (exact) mass is 199 g/mol. The van der Waals surface area contributed by atoms with Gasteiger partial charge >= 0.3 is 0 Å². The van der Waals surface area contributed by atoms with Crippen molar-refractivity contribution >= 4 is 28.8 Å². The maximum Gasteiger partial charge on any atom is 0.0451 e. The van der Waals surface area contributed by atoms with E-state index < -0.39 is 0 Å². The molecular formula is C9H13NS2. The molecule has 1 saturated heterocycles. The summed E-state index contributed by atoms with van der Waals surface area (Å²) in [4.78, 5) is 0. The molecule has 0 bridgehead atoms. The Balaban J connectivity index is 1.86. The summed E-state index contributed by atoms with van der Waals surface area (Å²) in [5.74, 6) is 2.62. The van der Waals surface area contributed by atoms with Crippen LogP contribution in [0.15, 0.2) is 16.8 Å². The zero-order valence-electron chi connectivity index (χ0n) is 6.95. The van der Waals surface area contributed by atoms with Crippen molar-refractivity contribution in [2.75, 3.05) is 16.8 Å². The van der Waals surface area contributed by atoms with Gasteiger partial charge in [-0.25, -0.2) is 0 Å². The van der Waals surface area contributed by atoms with E-state index in [0.29, 0.717) is 6.04 Å². The molecule has 1 N–H and O–H groups in total. The number of rotatable bonds is 2. The van der Waals surface area contributed by atoms with Crippen molar-refractivity contribution in [1.29, 1.82) is 0 Å². The van der Waals surface area contributed by atoms with Crippen LogP contribution in [-0.2, 0) is 0 Å². The smallest absolute Gasteiger partial charge is 0.0451 e. The second-order valence-corrected chi connectivity index (χ2v) is 5.00. The van der Waals surface area contributed by atoms with Crippen LogP contribution in [0, 0.1) is 0 Å². The molecule has 0 saturated carbocycles. The third-order valence-corrected chi connectivity index (χ3v) is 3.95. The van der Waals surface area contributed by atoms with Gasteiger partial charge in [-0.1, -0.05) is 0 Å². The minimum absolute atomic E-state index is 0.707. The number of thiophene rings is 1. The van der Waals surface area contributed by atoms with Gasteiger partial charge in [0.05, 0.1) is 0 Å². The molecule has 1 aliphatic heterocycles. The first-order valence-electron chi connectivity index (χ1n) is 4.31. The van der Waals surface area contributed by atoms with E-state index in [9.17, 15) is 0 Å². The molecule has 2 rings (SSSR count). The van der Waals surface area contributed by atoms with E-state index in [4.69, 9.17) is 0 Å². The van der Waals surface area contributed by atoms with Crippen molar-refractivity contribution in [1.82, 2.24) is 0 Å². The summed E-state index contributed by atoms with van der Waals surface area (Å²) in [5, 5.41) is 7.85. The Hall–Kier alpha value is -0.150. The third-order valence-electron chi connectivity index (χ3n) is 2.05. The van der Waals surface area contributed by atoms with Gasteiger partial charge in [-0.2, -0.15) is 23.1 Å². The second kappa shape index (κ2) is 4.19. The molecule has 3 heteroatoms. The molecule has 0 aliphatic carbocycles. The van der Waals surface area contributed by atoms with Crippen LogP contribution in [0.3, 0.4) is 0 Å². The number of thioether (sulfide) groups is 1. The molecule has 1 nitrogen and oxygen atoms in total. The summed E-state index contributed by atoms with van der Waals surface area (Å²) in [6.45, 7) is 0. The van der Waals surface area contributed by atoms with Crippen LogP contribution in [-0.4, -0.2) is 17.5 Å². The lowest BCUT2D eigenvalue weighted by Gasteiger charge is -2.22. The highest BCUT2D eigenvalue weighted by Crippen LogP contribution is 2.21. The first-order valence-corrected chi connectivity index (χ1v) is 6.41. The molecule has 1 atom stereocenters. The Morgan fingerprint density at radius 1 is 1.50 bits per heavy atom. The van der Waals surface area contributed by atoms with Crippen LogP contribution < -0.4 is 5.32 Å². The highest BCUT2D eigenvalue weighted by Gasteiger charge is 2.12. The molecular weight excluding hydrogens is 186 g/mol. The van der Waals surface area contributed by atoms with Gasteiger partial charge in [0.25, 0.3) is 0 Å². The maximum atomic E-state index is 3.55. The van der Waals surface area contributed by atoms with Crippen LogP contribution in [0.5, 0.6) is 0 Å². The lowest BCUT2D eigenvalue weighted by atomic mass is 10.2. The molecule has 0 radical (unpaired) electrons. The summed E-state index contributed by atoms with van der Waals surface area (Å²) in [6, 6.07) is 2.86. The van der Waals surface area contributed by atoms with E-state index in [2.05, 4.69) is 33.9 Å². The number of hydrogen-bond acceptors (Lipinski definition) is 3. The lowest BCUT2D eigenvalue weighted by Crippen LogP contribution is -2.25. The lowest BCUT2D eigenvalue weighted by molar-refractivity contribution is 0.685. The molecule has 2 heterocycles. The molecule has 0 aromatic carbocycles. The summed E-state index contributed by atoms with van der Waals surface area (Å²) in [5.41, 5.74) is 1.30. The molecule has 1 unspecified atom stereocenters. The molecule has 12 heavy (non-hydrogen) atoms. The van der Waals surface area contributed by atoms with Crippen molar-refractivity contribution < 1.29 is 0 Å². The summed E-state index contributed by atoms with van der Waals surface area (Å²) >= 11 is 3.82. The number of anilines is 1. The van der Waals surface area contributed by atoms with Gasteiger partial charge in [0.1, 0.15) is 0 Å². The van der Waals surface area contributed by atoms with Crippen molar-refractivity contribution in [3.8, 4) is 0 Å². The molecule has 1 fully saturated rings. The summed E-state index contributed by atoms with van der Waals surface area (Å²) in [7, 11) is 0. The number of hydrogen-bond donors (Lipinski definition) is 1. The molecule has 1 aliphatic rings. The minimum Gasteiger partial charge on any atom is -0.381 e. The van der Waals surface area contributed by atoms with E-state index in [1.54, 1.807) is 11.3 Å². The van der Waals surface area contributed by atoms with Gasteiger partial charge in [0.15, 0.2) is 0 Å². The normalized spacial score (nSPS) is 23.8. The molecule has 1 aromatic rings. The third kappa shape index (κ3) is 2.17. The standard InChI is InChI=1S/C9H13NS2/c1-2-8(6-11-4-1)10-9-3-5-12-7-9/h3,5,7-8,10H,1-2,4,6H2. The molecule has 0 amide bonds. The minimum atomic E-state index is 0.707. The van der Waals surface area contributed by atoms with E-state index in [1.165, 1.54) is 30.0 Å². The predicted molar refractivity (Wildman–Crippen MR) is 58.3 cm³/mol.